The molecule has 2 heterocycles. The lowest BCUT2D eigenvalue weighted by Crippen LogP contribution is -2.44. The smallest absolute Gasteiger partial charge is 0.148 e. The maximum atomic E-state index is 11.3. The molecule has 1 aromatic rings. The number of hydrogen-bond acceptors (Lipinski definition) is 6. The van der Waals surface area contributed by atoms with Crippen molar-refractivity contribution in [1.82, 2.24) is 15.2 Å². The third-order valence-electron chi connectivity index (χ3n) is 3.84. The first-order valence-corrected chi connectivity index (χ1v) is 9.69. The van der Waals surface area contributed by atoms with Gasteiger partial charge in [0.15, 0.2) is 0 Å². The van der Waals surface area contributed by atoms with E-state index in [1.54, 1.807) is 0 Å². The largest absolute Gasteiger partial charge is 0.354 e. The Kier molecular flexibility index (Phi) is 5.77. The first-order chi connectivity index (χ1) is 10.3. The van der Waals surface area contributed by atoms with E-state index >= 15 is 0 Å². The Labute approximate surface area is 133 Å². The van der Waals surface area contributed by atoms with Gasteiger partial charge in [-0.3, -0.25) is 0 Å². The van der Waals surface area contributed by atoms with E-state index in [0.29, 0.717) is 6.54 Å². The van der Waals surface area contributed by atoms with Crippen molar-refractivity contribution in [2.45, 2.75) is 19.5 Å². The average Bonchev–Trinajstić information content (AvgIpc) is 2.44. The summed E-state index contributed by atoms with van der Waals surface area (Å²) in [6.07, 6.45) is 3.09. The molecule has 1 aliphatic rings. The number of piperazine rings is 1. The van der Waals surface area contributed by atoms with E-state index in [0.717, 1.165) is 37.6 Å². The molecular weight excluding hydrogens is 300 g/mol. The maximum absolute atomic E-state index is 11.3. The second kappa shape index (κ2) is 7.39. The third kappa shape index (κ3) is 5.55. The van der Waals surface area contributed by atoms with Gasteiger partial charge in [-0.1, -0.05) is 0 Å². The minimum atomic E-state index is -2.95. The van der Waals surface area contributed by atoms with Crippen molar-refractivity contribution in [3.63, 3.8) is 0 Å². The van der Waals surface area contributed by atoms with Crippen LogP contribution in [0, 0.1) is 0 Å². The summed E-state index contributed by atoms with van der Waals surface area (Å²) in [4.78, 5) is 9.07. The van der Waals surface area contributed by atoms with Crippen LogP contribution in [0.5, 0.6) is 0 Å². The van der Waals surface area contributed by atoms with Crippen molar-refractivity contribution in [1.29, 1.82) is 0 Å². The minimum absolute atomic E-state index is 0.0600. The van der Waals surface area contributed by atoms with Crippen molar-refractivity contribution in [3.8, 4) is 0 Å². The van der Waals surface area contributed by atoms with Gasteiger partial charge in [0.25, 0.3) is 0 Å². The van der Waals surface area contributed by atoms with Crippen LogP contribution in [0.4, 0.5) is 5.82 Å². The SMILES string of the molecule is CC(CS(C)(=O)=O)NCc1ccnc(N2CCN(C)CC2)c1. The molecule has 1 aromatic heterocycles. The molecule has 2 rings (SSSR count). The van der Waals surface area contributed by atoms with Crippen molar-refractivity contribution in [2.24, 2.45) is 0 Å². The van der Waals surface area contributed by atoms with E-state index in [1.807, 2.05) is 19.2 Å². The Balaban J connectivity index is 1.91. The fourth-order valence-electron chi connectivity index (χ4n) is 2.58. The van der Waals surface area contributed by atoms with Gasteiger partial charge >= 0.3 is 0 Å². The number of anilines is 1. The molecule has 6 nitrogen and oxygen atoms in total. The molecule has 0 bridgehead atoms. The standard InChI is InChI=1S/C15H26N4O2S/c1-13(12-22(3,20)21)17-11-14-4-5-16-15(10-14)19-8-6-18(2)7-9-19/h4-5,10,13,17H,6-9,11-12H2,1-3H3. The molecule has 1 unspecified atom stereocenters. The van der Waals surface area contributed by atoms with Crippen LogP contribution < -0.4 is 10.2 Å². The second-order valence-corrected chi connectivity index (χ2v) is 8.37. The summed E-state index contributed by atoms with van der Waals surface area (Å²) in [5.74, 6) is 1.16. The molecule has 1 saturated heterocycles. The van der Waals surface area contributed by atoms with Crippen LogP contribution in [0.2, 0.25) is 0 Å². The van der Waals surface area contributed by atoms with Gasteiger partial charge < -0.3 is 15.1 Å². The highest BCUT2D eigenvalue weighted by atomic mass is 32.2. The van der Waals surface area contributed by atoms with Gasteiger partial charge in [0.2, 0.25) is 0 Å². The second-order valence-electron chi connectivity index (χ2n) is 6.19. The fourth-order valence-corrected chi connectivity index (χ4v) is 3.61. The number of aromatic nitrogens is 1. The van der Waals surface area contributed by atoms with Crippen LogP contribution in [0.25, 0.3) is 0 Å². The number of nitrogens with one attached hydrogen (secondary N) is 1. The van der Waals surface area contributed by atoms with Crippen LogP contribution >= 0.6 is 0 Å². The quantitative estimate of drug-likeness (QED) is 0.814. The molecule has 0 saturated carbocycles. The lowest BCUT2D eigenvalue weighted by atomic mass is 10.2. The summed E-state index contributed by atoms with van der Waals surface area (Å²) in [5, 5.41) is 3.26. The molecule has 0 amide bonds. The van der Waals surface area contributed by atoms with E-state index < -0.39 is 9.84 Å². The summed E-state index contributed by atoms with van der Waals surface area (Å²) in [6.45, 7) is 6.63. The van der Waals surface area contributed by atoms with E-state index in [9.17, 15) is 8.42 Å². The van der Waals surface area contributed by atoms with Gasteiger partial charge in [-0.05, 0) is 31.7 Å². The third-order valence-corrected chi connectivity index (χ3v) is 4.95. The highest BCUT2D eigenvalue weighted by Gasteiger charge is 2.15. The van der Waals surface area contributed by atoms with Crippen LogP contribution in [-0.4, -0.2) is 69.6 Å². The average molecular weight is 326 g/mol. The summed E-state index contributed by atoms with van der Waals surface area (Å²) < 4.78 is 22.6. The van der Waals surface area contributed by atoms with Crippen molar-refractivity contribution < 1.29 is 8.42 Å². The zero-order valence-electron chi connectivity index (χ0n) is 13.6. The Morgan fingerprint density at radius 2 is 2.00 bits per heavy atom. The van der Waals surface area contributed by atoms with Gasteiger partial charge in [0.1, 0.15) is 15.7 Å². The van der Waals surface area contributed by atoms with Crippen LogP contribution in [0.1, 0.15) is 12.5 Å². The van der Waals surface area contributed by atoms with Crippen molar-refractivity contribution >= 4 is 15.7 Å². The van der Waals surface area contributed by atoms with Crippen LogP contribution in [0.15, 0.2) is 18.3 Å². The van der Waals surface area contributed by atoms with Gasteiger partial charge in [-0.2, -0.15) is 0 Å². The van der Waals surface area contributed by atoms with Gasteiger partial charge in [0.05, 0.1) is 5.75 Å². The molecule has 0 aliphatic carbocycles. The summed E-state index contributed by atoms with van der Waals surface area (Å²) in [7, 11) is -0.813. The zero-order valence-corrected chi connectivity index (χ0v) is 14.4. The molecule has 1 atom stereocenters. The summed E-state index contributed by atoms with van der Waals surface area (Å²) >= 11 is 0. The number of likely N-dealkylation sites (N-methyl/N-ethyl adjacent to an activating group) is 1. The van der Waals surface area contributed by atoms with Gasteiger partial charge in [-0.25, -0.2) is 13.4 Å². The van der Waals surface area contributed by atoms with E-state index in [1.165, 1.54) is 6.26 Å². The molecule has 22 heavy (non-hydrogen) atoms. The molecule has 0 spiro atoms. The highest BCUT2D eigenvalue weighted by molar-refractivity contribution is 7.90. The topological polar surface area (TPSA) is 65.5 Å². The van der Waals surface area contributed by atoms with Crippen LogP contribution in [-0.2, 0) is 16.4 Å². The molecule has 0 aromatic carbocycles. The first kappa shape index (κ1) is 17.2. The highest BCUT2D eigenvalue weighted by Crippen LogP contribution is 2.14. The van der Waals surface area contributed by atoms with E-state index in [2.05, 4.69) is 33.2 Å². The Morgan fingerprint density at radius 3 is 2.64 bits per heavy atom. The molecule has 1 aliphatic heterocycles. The summed E-state index contributed by atoms with van der Waals surface area (Å²) in [6, 6.07) is 4.00. The monoisotopic (exact) mass is 326 g/mol. The molecule has 1 N–H and O–H groups in total. The number of pyridine rings is 1. The number of rotatable bonds is 6. The molecule has 7 heteroatoms. The maximum Gasteiger partial charge on any atom is 0.148 e. The predicted octanol–water partition coefficient (Wildman–Crippen LogP) is 0.356. The molecule has 0 radical (unpaired) electrons. The zero-order chi connectivity index (χ0) is 16.2. The Morgan fingerprint density at radius 1 is 1.32 bits per heavy atom. The molecule has 1 fully saturated rings. The van der Waals surface area contributed by atoms with Crippen molar-refractivity contribution in [3.05, 3.63) is 23.9 Å². The fraction of sp³-hybridized carbons (Fsp3) is 0.667. The van der Waals surface area contributed by atoms with E-state index in [4.69, 9.17) is 0 Å². The van der Waals surface area contributed by atoms with Crippen LogP contribution in [0.3, 0.4) is 0 Å². The predicted molar refractivity (Wildman–Crippen MR) is 90.0 cm³/mol. The Bertz CT molecular complexity index is 583. The number of nitrogens with zero attached hydrogens (tertiary/aromatic N) is 3. The summed E-state index contributed by atoms with van der Waals surface area (Å²) in [5.41, 5.74) is 1.13. The number of sulfone groups is 1. The van der Waals surface area contributed by atoms with Gasteiger partial charge in [0, 0.05) is 51.2 Å². The van der Waals surface area contributed by atoms with E-state index in [-0.39, 0.29) is 11.8 Å². The lowest BCUT2D eigenvalue weighted by Gasteiger charge is -2.33. The molecule has 124 valence electrons. The Hall–Kier alpha value is -1.18. The minimum Gasteiger partial charge on any atom is -0.354 e. The van der Waals surface area contributed by atoms with Gasteiger partial charge in [-0.15, -0.1) is 0 Å². The lowest BCUT2D eigenvalue weighted by molar-refractivity contribution is 0.312. The normalized spacial score (nSPS) is 18.4. The first-order valence-electron chi connectivity index (χ1n) is 7.63. The number of hydrogen-bond donors (Lipinski definition) is 1. The molecular formula is C15H26N4O2S. The van der Waals surface area contributed by atoms with Crippen molar-refractivity contribution in [2.75, 3.05) is 50.1 Å².